The molecule has 0 aromatic rings. The van der Waals surface area contributed by atoms with Gasteiger partial charge in [0.15, 0.2) is 9.84 Å². The van der Waals surface area contributed by atoms with Gasteiger partial charge in [0.05, 0.1) is 11.2 Å². The van der Waals surface area contributed by atoms with Crippen molar-refractivity contribution >= 4 is 33.5 Å². The first-order chi connectivity index (χ1) is 12.4. The van der Waals surface area contributed by atoms with Crippen LogP contribution in [-0.4, -0.2) is 81.8 Å². The van der Waals surface area contributed by atoms with Crippen LogP contribution in [0.4, 0.5) is 0 Å². The molecule has 2 N–H and O–H groups in total. The van der Waals surface area contributed by atoms with E-state index in [1.807, 2.05) is 0 Å². The molecule has 0 bridgehead atoms. The van der Waals surface area contributed by atoms with Crippen molar-refractivity contribution in [1.29, 1.82) is 0 Å². The van der Waals surface area contributed by atoms with E-state index in [1.54, 1.807) is 0 Å². The summed E-state index contributed by atoms with van der Waals surface area (Å²) in [6.45, 7) is 4.41. The van der Waals surface area contributed by atoms with Gasteiger partial charge in [-0.1, -0.05) is 0 Å². The van der Waals surface area contributed by atoms with Crippen LogP contribution in [0.3, 0.4) is 0 Å². The fourth-order valence-electron chi connectivity index (χ4n) is 4.06. The molecule has 0 radical (unpaired) electrons. The molecule has 11 heteroatoms. The zero-order chi connectivity index (χ0) is 20.3. The smallest absolute Gasteiger partial charge is 0.325 e. The summed E-state index contributed by atoms with van der Waals surface area (Å²) in [5, 5.41) is 10.3. The van der Waals surface area contributed by atoms with Crippen molar-refractivity contribution in [3.8, 4) is 0 Å². The van der Waals surface area contributed by atoms with Gasteiger partial charge in [0, 0.05) is 6.54 Å². The van der Waals surface area contributed by atoms with Crippen LogP contribution in [0.1, 0.15) is 40.0 Å². The summed E-state index contributed by atoms with van der Waals surface area (Å²) < 4.78 is 23.9. The number of sulfone groups is 1. The second-order valence-corrected chi connectivity index (χ2v) is 10.5. The summed E-state index contributed by atoms with van der Waals surface area (Å²) >= 11 is 0. The molecule has 0 saturated carbocycles. The molecule has 27 heavy (non-hydrogen) atoms. The van der Waals surface area contributed by atoms with Gasteiger partial charge < -0.3 is 20.2 Å². The van der Waals surface area contributed by atoms with Crippen molar-refractivity contribution in [1.82, 2.24) is 15.1 Å². The lowest BCUT2D eigenvalue weighted by atomic mass is 9.96. The first kappa shape index (κ1) is 19.6. The number of fused-ring (bicyclic) bond motifs is 1. The van der Waals surface area contributed by atoms with Gasteiger partial charge in [0.25, 0.3) is 0 Å². The normalized spacial score (nSPS) is 31.8. The number of hydrogen-bond acceptors (Lipinski definition) is 6. The van der Waals surface area contributed by atoms with E-state index in [-0.39, 0.29) is 13.0 Å². The number of carbonyl (C=O) groups excluding carboxylic acids is 3. The number of likely N-dealkylation sites (tertiary alicyclic amines) is 1. The molecule has 4 atom stereocenters. The minimum Gasteiger partial charge on any atom is -0.480 e. The maximum atomic E-state index is 13.2. The Labute approximate surface area is 156 Å². The van der Waals surface area contributed by atoms with Crippen LogP contribution in [0.25, 0.3) is 0 Å². The van der Waals surface area contributed by atoms with E-state index in [4.69, 9.17) is 5.11 Å². The van der Waals surface area contributed by atoms with Crippen LogP contribution in [0, 0.1) is 0 Å². The Bertz CT molecular complexity index is 822. The molecule has 3 saturated heterocycles. The molecule has 3 fully saturated rings. The van der Waals surface area contributed by atoms with E-state index in [0.717, 1.165) is 4.90 Å². The van der Waals surface area contributed by atoms with E-state index < -0.39 is 61.8 Å². The maximum absolute atomic E-state index is 13.2. The van der Waals surface area contributed by atoms with Gasteiger partial charge >= 0.3 is 5.97 Å². The number of amides is 3. The number of carboxylic acids is 1. The van der Waals surface area contributed by atoms with Crippen LogP contribution in [0.5, 0.6) is 0 Å². The Balaban J connectivity index is 1.85. The summed E-state index contributed by atoms with van der Waals surface area (Å²) in [5.41, 5.74) is 0. The molecular weight excluding hydrogens is 378 g/mol. The fourth-order valence-corrected chi connectivity index (χ4v) is 6.19. The van der Waals surface area contributed by atoms with Crippen LogP contribution < -0.4 is 5.32 Å². The number of carboxylic acid groups (broad SMARTS) is 1. The van der Waals surface area contributed by atoms with Gasteiger partial charge in [-0.3, -0.25) is 19.2 Å². The van der Waals surface area contributed by atoms with Crippen molar-refractivity contribution in [3.05, 3.63) is 0 Å². The number of nitrogens with one attached hydrogen (secondary N) is 1. The number of β-lactam (4-membered cyclic amide) rings is 1. The predicted molar refractivity (Wildman–Crippen MR) is 92.0 cm³/mol. The Hall–Kier alpha value is -2.17. The Morgan fingerprint density at radius 3 is 2.48 bits per heavy atom. The van der Waals surface area contributed by atoms with Gasteiger partial charge in [0.1, 0.15) is 23.5 Å². The van der Waals surface area contributed by atoms with E-state index in [2.05, 4.69) is 5.32 Å². The second-order valence-electron chi connectivity index (χ2n) is 7.77. The van der Waals surface area contributed by atoms with Gasteiger partial charge in [-0.05, 0) is 33.6 Å². The van der Waals surface area contributed by atoms with Crippen LogP contribution in [0.15, 0.2) is 0 Å². The van der Waals surface area contributed by atoms with E-state index in [1.165, 1.54) is 25.7 Å². The average Bonchev–Trinajstić information content (AvgIpc) is 3.09. The van der Waals surface area contributed by atoms with Crippen molar-refractivity contribution in [2.75, 3.05) is 6.54 Å². The Kier molecular flexibility index (Phi) is 4.48. The molecule has 3 rings (SSSR count). The quantitative estimate of drug-likeness (QED) is 0.558. The van der Waals surface area contributed by atoms with E-state index in [0.29, 0.717) is 12.8 Å². The summed E-state index contributed by atoms with van der Waals surface area (Å²) in [5.74, 6) is -2.77. The second kappa shape index (κ2) is 6.18. The molecular formula is C16H23N3O7S. The predicted octanol–water partition coefficient (Wildman–Crippen LogP) is -1.30. The van der Waals surface area contributed by atoms with Gasteiger partial charge in [-0.15, -0.1) is 0 Å². The highest BCUT2D eigenvalue weighted by Gasteiger charge is 2.68. The third-order valence-corrected chi connectivity index (χ3v) is 8.58. The maximum Gasteiger partial charge on any atom is 0.325 e. The summed E-state index contributed by atoms with van der Waals surface area (Å²) in [4.78, 5) is 51.0. The van der Waals surface area contributed by atoms with Gasteiger partial charge in [0.2, 0.25) is 17.7 Å². The number of nitrogens with zero attached hydrogens (tertiary/aromatic N) is 2. The molecule has 0 aromatic carbocycles. The molecule has 10 nitrogen and oxygen atoms in total. The van der Waals surface area contributed by atoms with Gasteiger partial charge in [-0.25, -0.2) is 8.42 Å². The highest BCUT2D eigenvalue weighted by Crippen LogP contribution is 2.46. The summed E-state index contributed by atoms with van der Waals surface area (Å²) in [6.07, 6.45) is 0.749. The number of aliphatic carboxylic acids is 1. The molecule has 0 aromatic heterocycles. The zero-order valence-electron chi connectivity index (χ0n) is 15.3. The molecule has 4 unspecified atom stereocenters. The number of carbonyl (C=O) groups is 4. The monoisotopic (exact) mass is 401 g/mol. The molecule has 3 aliphatic heterocycles. The minimum absolute atomic E-state index is 0.129. The molecule has 150 valence electrons. The number of hydrogen-bond donors (Lipinski definition) is 2. The van der Waals surface area contributed by atoms with Crippen molar-refractivity contribution in [3.63, 3.8) is 0 Å². The van der Waals surface area contributed by atoms with Gasteiger partial charge in [-0.2, -0.15) is 0 Å². The average molecular weight is 401 g/mol. The van der Waals surface area contributed by atoms with Crippen LogP contribution >= 0.6 is 0 Å². The van der Waals surface area contributed by atoms with E-state index >= 15 is 0 Å². The van der Waals surface area contributed by atoms with Crippen LogP contribution in [-0.2, 0) is 29.0 Å². The highest BCUT2D eigenvalue weighted by atomic mass is 32.2. The molecule has 0 spiro atoms. The van der Waals surface area contributed by atoms with Crippen molar-refractivity contribution < 1.29 is 32.7 Å². The summed E-state index contributed by atoms with van der Waals surface area (Å²) in [7, 11) is -3.71. The standard InChI is InChI=1S/C16H23N3O7S/c1-8(15(23)24)17-13(21)9-5-4-6-18(9)14(22)12-16(2,3)27(25,26)11-7-10(20)19(11)12/h8-9,11-12H,4-7H2,1-3H3,(H,17,21)(H,23,24). The van der Waals surface area contributed by atoms with Crippen molar-refractivity contribution in [2.24, 2.45) is 0 Å². The molecule has 0 aliphatic carbocycles. The lowest BCUT2D eigenvalue weighted by Crippen LogP contribution is -2.61. The highest BCUT2D eigenvalue weighted by molar-refractivity contribution is 7.93. The largest absolute Gasteiger partial charge is 0.480 e. The third-order valence-electron chi connectivity index (χ3n) is 5.78. The molecule has 3 amide bonds. The first-order valence-corrected chi connectivity index (χ1v) is 10.3. The first-order valence-electron chi connectivity index (χ1n) is 8.79. The lowest BCUT2D eigenvalue weighted by molar-refractivity contribution is -0.155. The Morgan fingerprint density at radius 1 is 1.30 bits per heavy atom. The zero-order valence-corrected chi connectivity index (χ0v) is 16.2. The van der Waals surface area contributed by atoms with E-state index in [9.17, 15) is 27.6 Å². The van der Waals surface area contributed by atoms with Crippen LogP contribution in [0.2, 0.25) is 0 Å². The topological polar surface area (TPSA) is 141 Å². The minimum atomic E-state index is -3.71. The summed E-state index contributed by atoms with van der Waals surface area (Å²) in [6, 6.07) is -3.17. The fraction of sp³-hybridized carbons (Fsp3) is 0.750. The number of rotatable bonds is 4. The van der Waals surface area contributed by atoms with Crippen molar-refractivity contribution in [2.45, 2.75) is 68.3 Å². The third kappa shape index (κ3) is 2.70. The SMILES string of the molecule is CC(NC(=O)C1CCCN1C(=O)C1N2C(=O)CC2S(=O)(=O)C1(C)C)C(=O)O. The molecule has 3 heterocycles. The molecule has 3 aliphatic rings. The lowest BCUT2D eigenvalue weighted by Gasteiger charge is -2.39. The Morgan fingerprint density at radius 2 is 1.93 bits per heavy atom.